The molecule has 1 aromatic rings. The number of nitrogens with zero attached hydrogens (tertiary/aromatic N) is 3. The van der Waals surface area contributed by atoms with Crippen LogP contribution < -0.4 is 5.32 Å². The van der Waals surface area contributed by atoms with Crippen LogP contribution in [0.25, 0.3) is 0 Å². The summed E-state index contributed by atoms with van der Waals surface area (Å²) in [5.41, 5.74) is 1.32. The second-order valence-electron chi connectivity index (χ2n) is 4.58. The summed E-state index contributed by atoms with van der Waals surface area (Å²) in [6, 6.07) is 0.570. The molecule has 92 valence electrons. The Bertz CT molecular complexity index is 293. The summed E-state index contributed by atoms with van der Waals surface area (Å²) in [4.78, 5) is 2.23. The zero-order valence-electron chi connectivity index (χ0n) is 10.9. The average molecular weight is 224 g/mol. The quantitative estimate of drug-likeness (QED) is 0.747. The predicted molar refractivity (Wildman–Crippen MR) is 67.5 cm³/mol. The van der Waals surface area contributed by atoms with Gasteiger partial charge in [-0.1, -0.05) is 6.92 Å². The van der Waals surface area contributed by atoms with E-state index in [1.807, 2.05) is 17.9 Å². The Kier molecular flexibility index (Phi) is 5.49. The molecule has 1 heterocycles. The summed E-state index contributed by atoms with van der Waals surface area (Å²) in [6.45, 7) is 4.28. The molecule has 4 nitrogen and oxygen atoms in total. The largest absolute Gasteiger partial charge is 0.313 e. The van der Waals surface area contributed by atoms with Crippen LogP contribution in [-0.2, 0) is 13.5 Å². The highest BCUT2D eigenvalue weighted by Crippen LogP contribution is 2.04. The van der Waals surface area contributed by atoms with Crippen molar-refractivity contribution in [3.63, 3.8) is 0 Å². The van der Waals surface area contributed by atoms with E-state index >= 15 is 0 Å². The first-order valence-corrected chi connectivity index (χ1v) is 5.97. The summed E-state index contributed by atoms with van der Waals surface area (Å²) >= 11 is 0. The molecule has 0 bridgehead atoms. The lowest BCUT2D eigenvalue weighted by Gasteiger charge is -2.21. The van der Waals surface area contributed by atoms with E-state index < -0.39 is 0 Å². The van der Waals surface area contributed by atoms with Gasteiger partial charge in [-0.15, -0.1) is 0 Å². The fraction of sp³-hybridized carbons (Fsp3) is 0.750. The number of hydrogen-bond donors (Lipinski definition) is 1. The zero-order chi connectivity index (χ0) is 12.0. The Morgan fingerprint density at radius 3 is 2.75 bits per heavy atom. The van der Waals surface area contributed by atoms with Gasteiger partial charge in [-0.2, -0.15) is 5.10 Å². The first-order chi connectivity index (χ1) is 7.61. The van der Waals surface area contributed by atoms with Gasteiger partial charge in [0.15, 0.2) is 0 Å². The third kappa shape index (κ3) is 4.77. The minimum absolute atomic E-state index is 0.570. The second kappa shape index (κ2) is 6.66. The van der Waals surface area contributed by atoms with Gasteiger partial charge < -0.3 is 10.2 Å². The second-order valence-corrected chi connectivity index (χ2v) is 4.58. The van der Waals surface area contributed by atoms with Crippen LogP contribution in [0, 0.1) is 0 Å². The van der Waals surface area contributed by atoms with Crippen LogP contribution in [-0.4, -0.2) is 47.9 Å². The van der Waals surface area contributed by atoms with Crippen molar-refractivity contribution in [3.05, 3.63) is 18.0 Å². The molecule has 0 aliphatic carbocycles. The summed E-state index contributed by atoms with van der Waals surface area (Å²) < 4.78 is 1.86. The van der Waals surface area contributed by atoms with Crippen LogP contribution in [0.5, 0.6) is 0 Å². The minimum Gasteiger partial charge on any atom is -0.313 e. The predicted octanol–water partition coefficient (Wildman–Crippen LogP) is 0.892. The molecular formula is C12H24N4. The highest BCUT2D eigenvalue weighted by atomic mass is 15.2. The van der Waals surface area contributed by atoms with Crippen molar-refractivity contribution in [2.45, 2.75) is 25.8 Å². The van der Waals surface area contributed by atoms with E-state index in [1.165, 1.54) is 5.56 Å². The van der Waals surface area contributed by atoms with Crippen molar-refractivity contribution in [1.82, 2.24) is 20.0 Å². The molecular weight excluding hydrogens is 200 g/mol. The Morgan fingerprint density at radius 2 is 2.25 bits per heavy atom. The van der Waals surface area contributed by atoms with E-state index in [-0.39, 0.29) is 0 Å². The van der Waals surface area contributed by atoms with Crippen molar-refractivity contribution in [3.8, 4) is 0 Å². The Labute approximate surface area is 98.6 Å². The maximum absolute atomic E-state index is 4.19. The minimum atomic E-state index is 0.570. The van der Waals surface area contributed by atoms with E-state index in [0.717, 1.165) is 25.9 Å². The molecule has 0 saturated carbocycles. The Hall–Kier alpha value is -0.870. The molecule has 0 aliphatic rings. The van der Waals surface area contributed by atoms with Crippen LogP contribution in [0.4, 0.5) is 0 Å². The smallest absolute Gasteiger partial charge is 0.0521 e. The van der Waals surface area contributed by atoms with E-state index in [1.54, 1.807) is 0 Å². The maximum atomic E-state index is 4.19. The Morgan fingerprint density at radius 1 is 1.50 bits per heavy atom. The normalized spacial score (nSPS) is 13.3. The van der Waals surface area contributed by atoms with Gasteiger partial charge >= 0.3 is 0 Å². The average Bonchev–Trinajstić information content (AvgIpc) is 2.60. The van der Waals surface area contributed by atoms with E-state index in [2.05, 4.69) is 42.5 Å². The summed E-state index contributed by atoms with van der Waals surface area (Å²) in [5.74, 6) is 0. The molecule has 4 heteroatoms. The fourth-order valence-corrected chi connectivity index (χ4v) is 1.93. The number of aryl methyl sites for hydroxylation is 2. The number of aromatic nitrogens is 2. The Balaban J connectivity index is 2.36. The molecule has 1 atom stereocenters. The molecule has 1 rings (SSSR count). The molecule has 0 aromatic carbocycles. The maximum Gasteiger partial charge on any atom is 0.0521 e. The summed E-state index contributed by atoms with van der Waals surface area (Å²) in [7, 11) is 6.20. The number of hydrogen-bond acceptors (Lipinski definition) is 3. The van der Waals surface area contributed by atoms with Crippen LogP contribution in [0.3, 0.4) is 0 Å². The van der Waals surface area contributed by atoms with Crippen molar-refractivity contribution in [1.29, 1.82) is 0 Å². The highest BCUT2D eigenvalue weighted by molar-refractivity contribution is 5.04. The van der Waals surface area contributed by atoms with Gasteiger partial charge in [0, 0.05) is 25.8 Å². The third-order valence-electron chi connectivity index (χ3n) is 2.62. The van der Waals surface area contributed by atoms with Crippen molar-refractivity contribution in [2.75, 3.05) is 27.2 Å². The molecule has 1 aromatic heterocycles. The van der Waals surface area contributed by atoms with Crippen molar-refractivity contribution >= 4 is 0 Å². The lowest BCUT2D eigenvalue weighted by atomic mass is 10.1. The van der Waals surface area contributed by atoms with Crippen LogP contribution in [0.2, 0.25) is 0 Å². The number of nitrogens with one attached hydrogen (secondary N) is 1. The first-order valence-electron chi connectivity index (χ1n) is 5.97. The molecule has 1 N–H and O–H groups in total. The molecule has 0 spiro atoms. The zero-order valence-corrected chi connectivity index (χ0v) is 10.9. The van der Waals surface area contributed by atoms with Gasteiger partial charge in [-0.25, -0.2) is 0 Å². The van der Waals surface area contributed by atoms with Gasteiger partial charge in [0.2, 0.25) is 0 Å². The highest BCUT2D eigenvalue weighted by Gasteiger charge is 2.09. The van der Waals surface area contributed by atoms with Crippen molar-refractivity contribution in [2.24, 2.45) is 7.05 Å². The van der Waals surface area contributed by atoms with Gasteiger partial charge in [0.05, 0.1) is 6.20 Å². The molecule has 0 aliphatic heterocycles. The SMILES string of the molecule is CCNC(CCc1cnn(C)c1)CN(C)C. The summed E-state index contributed by atoms with van der Waals surface area (Å²) in [5, 5.41) is 7.71. The molecule has 16 heavy (non-hydrogen) atoms. The molecule has 0 radical (unpaired) electrons. The lowest BCUT2D eigenvalue weighted by molar-refractivity contribution is 0.329. The number of likely N-dealkylation sites (N-methyl/N-ethyl adjacent to an activating group) is 2. The topological polar surface area (TPSA) is 33.1 Å². The molecule has 1 unspecified atom stereocenters. The lowest BCUT2D eigenvalue weighted by Crippen LogP contribution is -2.38. The molecule has 0 saturated heterocycles. The van der Waals surface area contributed by atoms with E-state index in [9.17, 15) is 0 Å². The molecule has 0 fully saturated rings. The fourth-order valence-electron chi connectivity index (χ4n) is 1.93. The summed E-state index contributed by atoms with van der Waals surface area (Å²) in [6.07, 6.45) is 6.31. The van der Waals surface area contributed by atoms with Gasteiger partial charge in [0.25, 0.3) is 0 Å². The van der Waals surface area contributed by atoms with Gasteiger partial charge in [-0.3, -0.25) is 4.68 Å². The van der Waals surface area contributed by atoms with E-state index in [4.69, 9.17) is 0 Å². The first kappa shape index (κ1) is 13.2. The van der Waals surface area contributed by atoms with Crippen LogP contribution >= 0.6 is 0 Å². The standard InChI is InChI=1S/C12H24N4/c1-5-13-12(10-15(2)3)7-6-11-8-14-16(4)9-11/h8-9,12-13H,5-7,10H2,1-4H3. The molecule has 0 amide bonds. The van der Waals surface area contributed by atoms with Gasteiger partial charge in [-0.05, 0) is 39.0 Å². The third-order valence-corrected chi connectivity index (χ3v) is 2.62. The van der Waals surface area contributed by atoms with Gasteiger partial charge in [0.1, 0.15) is 0 Å². The monoisotopic (exact) mass is 224 g/mol. The number of rotatable bonds is 7. The van der Waals surface area contributed by atoms with E-state index in [0.29, 0.717) is 6.04 Å². The van der Waals surface area contributed by atoms with Crippen molar-refractivity contribution < 1.29 is 0 Å². The van der Waals surface area contributed by atoms with Crippen LogP contribution in [0.15, 0.2) is 12.4 Å². The van der Waals surface area contributed by atoms with Crippen LogP contribution in [0.1, 0.15) is 18.9 Å².